The molecule has 1 amide bonds. The summed E-state index contributed by atoms with van der Waals surface area (Å²) in [5, 5.41) is 23.2. The van der Waals surface area contributed by atoms with Gasteiger partial charge in [0.05, 0.1) is 11.7 Å². The molecule has 1 aromatic carbocycles. The van der Waals surface area contributed by atoms with Gasteiger partial charge in [0.1, 0.15) is 0 Å². The third-order valence-corrected chi connectivity index (χ3v) is 5.13. The zero-order chi connectivity index (χ0) is 18.9. The number of carbonyl (C=O) groups is 1. The largest absolute Gasteiger partial charge is 0.416 e. The van der Waals surface area contributed by atoms with Gasteiger partial charge in [0.2, 0.25) is 0 Å². The second-order valence-corrected chi connectivity index (χ2v) is 7.21. The van der Waals surface area contributed by atoms with E-state index >= 15 is 0 Å². The summed E-state index contributed by atoms with van der Waals surface area (Å²) in [6.45, 7) is 2.97. The first-order chi connectivity index (χ1) is 11.5. The van der Waals surface area contributed by atoms with Crippen molar-refractivity contribution in [3.05, 3.63) is 35.4 Å². The summed E-state index contributed by atoms with van der Waals surface area (Å²) in [5.74, 6) is -0.914. The number of hydrogen-bond acceptors (Lipinski definition) is 3. The fourth-order valence-corrected chi connectivity index (χ4v) is 3.32. The van der Waals surface area contributed by atoms with Gasteiger partial charge in [-0.05, 0) is 25.8 Å². The first-order valence-corrected chi connectivity index (χ1v) is 8.34. The van der Waals surface area contributed by atoms with Crippen LogP contribution >= 0.6 is 0 Å². The molecule has 0 radical (unpaired) electrons. The van der Waals surface area contributed by atoms with E-state index in [0.717, 1.165) is 31.9 Å². The highest BCUT2D eigenvalue weighted by Gasteiger charge is 2.43. The van der Waals surface area contributed by atoms with Gasteiger partial charge in [-0.15, -0.1) is 0 Å². The minimum atomic E-state index is -4.67. The Kier molecular flexibility index (Phi) is 5.49. The van der Waals surface area contributed by atoms with E-state index in [1.165, 1.54) is 12.1 Å². The molecule has 0 bridgehead atoms. The molecule has 0 saturated heterocycles. The second-order valence-electron chi connectivity index (χ2n) is 7.21. The molecule has 3 N–H and O–H groups in total. The lowest BCUT2D eigenvalue weighted by atomic mass is 9.73. The van der Waals surface area contributed by atoms with Crippen LogP contribution in [0.5, 0.6) is 0 Å². The van der Waals surface area contributed by atoms with E-state index in [0.29, 0.717) is 12.8 Å². The van der Waals surface area contributed by atoms with Crippen LogP contribution in [0.2, 0.25) is 0 Å². The molecule has 0 spiro atoms. The predicted molar refractivity (Wildman–Crippen MR) is 86.6 cm³/mol. The van der Waals surface area contributed by atoms with Crippen LogP contribution in [0.15, 0.2) is 24.3 Å². The van der Waals surface area contributed by atoms with Crippen molar-refractivity contribution in [2.24, 2.45) is 5.41 Å². The summed E-state index contributed by atoms with van der Waals surface area (Å²) in [6, 6.07) is 4.49. The molecule has 1 saturated carbocycles. The van der Waals surface area contributed by atoms with Crippen molar-refractivity contribution in [2.75, 3.05) is 6.54 Å². The molecule has 3 atom stereocenters. The van der Waals surface area contributed by atoms with Crippen molar-refractivity contribution in [3.8, 4) is 0 Å². The van der Waals surface area contributed by atoms with Gasteiger partial charge in [-0.3, -0.25) is 4.79 Å². The Balaban J connectivity index is 2.18. The number of rotatable bonds is 4. The van der Waals surface area contributed by atoms with E-state index < -0.39 is 40.3 Å². The minimum absolute atomic E-state index is 0.0946. The summed E-state index contributed by atoms with van der Waals surface area (Å²) < 4.78 is 39.5. The molecular weight excluding hydrogens is 335 g/mol. The molecule has 0 aliphatic heterocycles. The summed E-state index contributed by atoms with van der Waals surface area (Å²) in [5.41, 5.74) is -4.41. The van der Waals surface area contributed by atoms with Gasteiger partial charge in [0.15, 0.2) is 5.60 Å². The lowest BCUT2D eigenvalue weighted by Gasteiger charge is -2.39. The first-order valence-electron chi connectivity index (χ1n) is 8.34. The average Bonchev–Trinajstić information content (AvgIpc) is 2.55. The Morgan fingerprint density at radius 2 is 1.88 bits per heavy atom. The van der Waals surface area contributed by atoms with E-state index in [1.807, 2.05) is 6.92 Å². The van der Waals surface area contributed by atoms with E-state index in [-0.39, 0.29) is 6.54 Å². The van der Waals surface area contributed by atoms with Crippen LogP contribution in [0, 0.1) is 5.41 Å². The van der Waals surface area contributed by atoms with Gasteiger partial charge in [-0.2, -0.15) is 13.2 Å². The predicted octanol–water partition coefficient (Wildman–Crippen LogP) is 2.97. The van der Waals surface area contributed by atoms with Crippen molar-refractivity contribution < 1.29 is 28.2 Å². The lowest BCUT2D eigenvalue weighted by molar-refractivity contribution is -0.146. The van der Waals surface area contributed by atoms with Crippen molar-refractivity contribution in [2.45, 2.75) is 57.4 Å². The Hall–Kier alpha value is -1.60. The number of aliphatic hydroxyl groups is 2. The normalized spacial score (nSPS) is 26.8. The quantitative estimate of drug-likeness (QED) is 0.774. The zero-order valence-corrected chi connectivity index (χ0v) is 14.4. The van der Waals surface area contributed by atoms with Gasteiger partial charge in [0, 0.05) is 17.5 Å². The Morgan fingerprint density at radius 1 is 1.28 bits per heavy atom. The molecule has 25 heavy (non-hydrogen) atoms. The fourth-order valence-electron chi connectivity index (χ4n) is 3.32. The number of amides is 1. The summed E-state index contributed by atoms with van der Waals surface area (Å²) in [6.07, 6.45) is -2.12. The highest BCUT2D eigenvalue weighted by Crippen LogP contribution is 2.38. The number of benzene rings is 1. The van der Waals surface area contributed by atoms with Gasteiger partial charge in [-0.1, -0.05) is 38.0 Å². The molecule has 140 valence electrons. The molecule has 1 aliphatic rings. The van der Waals surface area contributed by atoms with Crippen LogP contribution < -0.4 is 5.32 Å². The molecule has 1 aromatic rings. The maximum Gasteiger partial charge on any atom is 0.416 e. The van der Waals surface area contributed by atoms with Gasteiger partial charge in [-0.25, -0.2) is 0 Å². The number of aliphatic hydroxyl groups excluding tert-OH is 1. The Bertz CT molecular complexity index is 630. The maximum absolute atomic E-state index is 13.2. The standard InChI is InChI=1S/C18H24F3NO3/c1-16(10-6-5-9-14(16)23)11-22-15(24)17(2,25)12-7-3-4-8-13(12)18(19,20)21/h3-4,7-8,14,23,25H,5-6,9-11H2,1-2H3,(H,22,24)/t14-,16+,17+/m0/s1. The smallest absolute Gasteiger partial charge is 0.392 e. The van der Waals surface area contributed by atoms with Crippen LogP contribution in [-0.4, -0.2) is 28.8 Å². The van der Waals surface area contributed by atoms with Crippen LogP contribution in [0.25, 0.3) is 0 Å². The lowest BCUT2D eigenvalue weighted by Crippen LogP contribution is -2.50. The minimum Gasteiger partial charge on any atom is -0.392 e. The van der Waals surface area contributed by atoms with Gasteiger partial charge >= 0.3 is 6.18 Å². The SMILES string of the molecule is C[C@]1(CNC(=O)[C@](C)(O)c2ccccc2C(F)(F)F)CCCC[C@@H]1O. The number of carbonyl (C=O) groups excluding carboxylic acids is 1. The molecule has 1 aliphatic carbocycles. The molecular formula is C18H24F3NO3. The molecule has 7 heteroatoms. The molecule has 0 unspecified atom stereocenters. The Labute approximate surface area is 145 Å². The number of alkyl halides is 3. The maximum atomic E-state index is 13.2. The fraction of sp³-hybridized carbons (Fsp3) is 0.611. The highest BCUT2D eigenvalue weighted by atomic mass is 19.4. The monoisotopic (exact) mass is 359 g/mol. The van der Waals surface area contributed by atoms with E-state index in [9.17, 15) is 28.2 Å². The highest BCUT2D eigenvalue weighted by molar-refractivity contribution is 5.86. The van der Waals surface area contributed by atoms with E-state index in [1.54, 1.807) is 0 Å². The van der Waals surface area contributed by atoms with Gasteiger partial charge < -0.3 is 15.5 Å². The first kappa shape index (κ1) is 19.7. The van der Waals surface area contributed by atoms with E-state index in [2.05, 4.69) is 5.32 Å². The van der Waals surface area contributed by atoms with Crippen LogP contribution in [0.3, 0.4) is 0 Å². The van der Waals surface area contributed by atoms with Crippen LogP contribution in [0.4, 0.5) is 13.2 Å². The van der Waals surface area contributed by atoms with E-state index in [4.69, 9.17) is 0 Å². The van der Waals surface area contributed by atoms with Crippen molar-refractivity contribution in [1.82, 2.24) is 5.32 Å². The molecule has 4 nitrogen and oxygen atoms in total. The molecule has 0 aromatic heterocycles. The van der Waals surface area contributed by atoms with Crippen LogP contribution in [0.1, 0.15) is 50.7 Å². The molecule has 2 rings (SSSR count). The average molecular weight is 359 g/mol. The molecule has 1 fully saturated rings. The zero-order valence-electron chi connectivity index (χ0n) is 14.4. The summed E-state index contributed by atoms with van der Waals surface area (Å²) >= 11 is 0. The van der Waals surface area contributed by atoms with Crippen LogP contribution in [-0.2, 0) is 16.6 Å². The second kappa shape index (κ2) is 6.96. The van der Waals surface area contributed by atoms with Crippen molar-refractivity contribution >= 4 is 5.91 Å². The third kappa shape index (κ3) is 4.15. The summed E-state index contributed by atoms with van der Waals surface area (Å²) in [7, 11) is 0. The van der Waals surface area contributed by atoms with Crippen molar-refractivity contribution in [1.29, 1.82) is 0 Å². The number of hydrogen-bond donors (Lipinski definition) is 3. The molecule has 0 heterocycles. The van der Waals surface area contributed by atoms with Gasteiger partial charge in [0.25, 0.3) is 5.91 Å². The Morgan fingerprint density at radius 3 is 2.44 bits per heavy atom. The summed E-state index contributed by atoms with van der Waals surface area (Å²) in [4.78, 5) is 12.4. The number of nitrogens with one attached hydrogen (secondary N) is 1. The van der Waals surface area contributed by atoms with Crippen molar-refractivity contribution in [3.63, 3.8) is 0 Å². The third-order valence-electron chi connectivity index (χ3n) is 5.13. The topological polar surface area (TPSA) is 69.6 Å². The number of halogens is 3.